The van der Waals surface area contributed by atoms with Gasteiger partial charge in [-0.15, -0.1) is 0 Å². The Morgan fingerprint density at radius 3 is 2.75 bits per heavy atom. The fraction of sp³-hybridized carbons (Fsp3) is 0.333. The summed E-state index contributed by atoms with van der Waals surface area (Å²) in [6, 6.07) is 5.76. The van der Waals surface area contributed by atoms with Gasteiger partial charge in [-0.25, -0.2) is 0 Å². The molecule has 0 aliphatic rings. The number of aliphatic hydroxyl groups excluding tert-OH is 1. The van der Waals surface area contributed by atoms with Gasteiger partial charge in [0.2, 0.25) is 0 Å². The molecule has 3 heteroatoms. The molecule has 0 aliphatic carbocycles. The Labute approximate surface area is 80.5 Å². The first kappa shape index (κ1) is 9.71. The molecule has 0 saturated carbocycles. The van der Waals surface area contributed by atoms with E-state index in [1.165, 1.54) is 0 Å². The third kappa shape index (κ3) is 2.06. The minimum atomic E-state index is -0.453. The fourth-order valence-corrected chi connectivity index (χ4v) is 1.62. The summed E-state index contributed by atoms with van der Waals surface area (Å²) in [7, 11) is 0. The summed E-state index contributed by atoms with van der Waals surface area (Å²) < 4.78 is 0.926. The van der Waals surface area contributed by atoms with Crippen molar-refractivity contribution < 1.29 is 5.11 Å². The van der Waals surface area contributed by atoms with Crippen molar-refractivity contribution in [1.29, 1.82) is 0 Å². The first-order valence-electron chi connectivity index (χ1n) is 3.81. The zero-order chi connectivity index (χ0) is 9.14. The Hall–Kier alpha value is -0.380. The summed E-state index contributed by atoms with van der Waals surface area (Å²) in [5, 5.41) is 9.35. The molecule has 0 radical (unpaired) electrons. The summed E-state index contributed by atoms with van der Waals surface area (Å²) in [5.41, 5.74) is 7.40. The quantitative estimate of drug-likeness (QED) is 0.815. The average molecular weight is 230 g/mol. The number of hydrogen-bond donors (Lipinski definition) is 2. The highest BCUT2D eigenvalue weighted by Gasteiger charge is 2.05. The van der Waals surface area contributed by atoms with Gasteiger partial charge in [0.05, 0.1) is 6.10 Å². The van der Waals surface area contributed by atoms with E-state index in [-0.39, 0.29) is 0 Å². The van der Waals surface area contributed by atoms with Crippen LogP contribution in [0.5, 0.6) is 0 Å². The maximum atomic E-state index is 9.35. The molecule has 1 rings (SSSR count). The Morgan fingerprint density at radius 1 is 1.58 bits per heavy atom. The van der Waals surface area contributed by atoms with Crippen LogP contribution >= 0.6 is 15.9 Å². The van der Waals surface area contributed by atoms with E-state index in [1.54, 1.807) is 6.92 Å². The van der Waals surface area contributed by atoms with E-state index < -0.39 is 6.10 Å². The van der Waals surface area contributed by atoms with Crippen LogP contribution in [0.25, 0.3) is 0 Å². The van der Waals surface area contributed by atoms with Crippen molar-refractivity contribution in [3.8, 4) is 0 Å². The van der Waals surface area contributed by atoms with Crippen LogP contribution in [0, 0.1) is 0 Å². The predicted molar refractivity (Wildman–Crippen MR) is 52.7 cm³/mol. The lowest BCUT2D eigenvalue weighted by atomic mass is 10.1. The van der Waals surface area contributed by atoms with Gasteiger partial charge in [-0.3, -0.25) is 0 Å². The van der Waals surface area contributed by atoms with Crippen LogP contribution in [-0.4, -0.2) is 5.11 Å². The highest BCUT2D eigenvalue weighted by atomic mass is 79.9. The van der Waals surface area contributed by atoms with E-state index in [4.69, 9.17) is 5.73 Å². The molecule has 1 aromatic rings. The largest absolute Gasteiger partial charge is 0.389 e. The predicted octanol–water partition coefficient (Wildman–Crippen LogP) is 1.96. The third-order valence-corrected chi connectivity index (χ3v) is 2.47. The molecule has 0 spiro atoms. The standard InChI is InChI=1S/C9H12BrNO/c1-6(12)8-4-7(5-11)2-3-9(8)10/h2-4,6,12H,5,11H2,1H3/t6-/m1/s1. The van der Waals surface area contributed by atoms with Crippen LogP contribution in [0.15, 0.2) is 22.7 Å². The summed E-state index contributed by atoms with van der Waals surface area (Å²) >= 11 is 3.36. The molecule has 0 amide bonds. The van der Waals surface area contributed by atoms with Crippen molar-refractivity contribution >= 4 is 15.9 Å². The Bertz CT molecular complexity index is 273. The van der Waals surface area contributed by atoms with Gasteiger partial charge in [0.25, 0.3) is 0 Å². The monoisotopic (exact) mass is 229 g/mol. The van der Waals surface area contributed by atoms with Gasteiger partial charge in [0, 0.05) is 11.0 Å². The molecule has 0 unspecified atom stereocenters. The van der Waals surface area contributed by atoms with Gasteiger partial charge < -0.3 is 10.8 Å². The highest BCUT2D eigenvalue weighted by molar-refractivity contribution is 9.10. The number of hydrogen-bond acceptors (Lipinski definition) is 2. The van der Waals surface area contributed by atoms with Crippen molar-refractivity contribution in [2.75, 3.05) is 0 Å². The van der Waals surface area contributed by atoms with Gasteiger partial charge in [0.15, 0.2) is 0 Å². The number of rotatable bonds is 2. The minimum absolute atomic E-state index is 0.453. The van der Waals surface area contributed by atoms with Crippen LogP contribution in [0.2, 0.25) is 0 Å². The second-order valence-electron chi connectivity index (χ2n) is 2.74. The lowest BCUT2D eigenvalue weighted by Crippen LogP contribution is -1.99. The SMILES string of the molecule is C[C@@H](O)c1cc(CN)ccc1Br. The molecule has 66 valence electrons. The highest BCUT2D eigenvalue weighted by Crippen LogP contribution is 2.24. The normalized spacial score (nSPS) is 13.0. The smallest absolute Gasteiger partial charge is 0.0772 e. The van der Waals surface area contributed by atoms with Crippen molar-refractivity contribution in [3.63, 3.8) is 0 Å². The van der Waals surface area contributed by atoms with Crippen molar-refractivity contribution in [1.82, 2.24) is 0 Å². The summed E-state index contributed by atoms with van der Waals surface area (Å²) in [5.74, 6) is 0. The van der Waals surface area contributed by atoms with Crippen LogP contribution in [0.4, 0.5) is 0 Å². The van der Waals surface area contributed by atoms with Crippen molar-refractivity contribution in [2.45, 2.75) is 19.6 Å². The lowest BCUT2D eigenvalue weighted by molar-refractivity contribution is 0.198. The van der Waals surface area contributed by atoms with Gasteiger partial charge in [0.1, 0.15) is 0 Å². The second kappa shape index (κ2) is 4.03. The third-order valence-electron chi connectivity index (χ3n) is 1.75. The number of benzene rings is 1. The summed E-state index contributed by atoms with van der Waals surface area (Å²) in [6.07, 6.45) is -0.453. The van der Waals surface area contributed by atoms with E-state index in [9.17, 15) is 5.11 Å². The maximum Gasteiger partial charge on any atom is 0.0772 e. The van der Waals surface area contributed by atoms with E-state index >= 15 is 0 Å². The first-order chi connectivity index (χ1) is 5.65. The molecule has 3 N–H and O–H groups in total. The zero-order valence-corrected chi connectivity index (χ0v) is 8.51. The minimum Gasteiger partial charge on any atom is -0.389 e. The molecule has 0 fully saturated rings. The van der Waals surface area contributed by atoms with Gasteiger partial charge in [-0.2, -0.15) is 0 Å². The Kier molecular flexibility index (Phi) is 3.26. The zero-order valence-electron chi connectivity index (χ0n) is 6.92. The molecule has 0 bridgehead atoms. The Balaban J connectivity index is 3.08. The lowest BCUT2D eigenvalue weighted by Gasteiger charge is -2.08. The fourth-order valence-electron chi connectivity index (χ4n) is 1.04. The molecular formula is C9H12BrNO. The molecule has 2 nitrogen and oxygen atoms in total. The Morgan fingerprint density at radius 2 is 2.25 bits per heavy atom. The number of aliphatic hydroxyl groups is 1. The van der Waals surface area contributed by atoms with Gasteiger partial charge in [-0.1, -0.05) is 28.1 Å². The topological polar surface area (TPSA) is 46.2 Å². The van der Waals surface area contributed by atoms with E-state index in [0.717, 1.165) is 15.6 Å². The molecule has 0 aliphatic heterocycles. The van der Waals surface area contributed by atoms with Crippen LogP contribution in [0.1, 0.15) is 24.2 Å². The summed E-state index contributed by atoms with van der Waals surface area (Å²) in [6.45, 7) is 2.24. The number of halogens is 1. The van der Waals surface area contributed by atoms with Crippen LogP contribution in [0.3, 0.4) is 0 Å². The molecule has 1 atom stereocenters. The molecule has 0 aromatic heterocycles. The van der Waals surface area contributed by atoms with Gasteiger partial charge >= 0.3 is 0 Å². The van der Waals surface area contributed by atoms with Crippen molar-refractivity contribution in [3.05, 3.63) is 33.8 Å². The number of nitrogens with two attached hydrogens (primary N) is 1. The maximum absolute atomic E-state index is 9.35. The second-order valence-corrected chi connectivity index (χ2v) is 3.59. The first-order valence-corrected chi connectivity index (χ1v) is 4.61. The molecule has 1 aromatic carbocycles. The van der Waals surface area contributed by atoms with Crippen molar-refractivity contribution in [2.24, 2.45) is 5.73 Å². The van der Waals surface area contributed by atoms with E-state index in [2.05, 4.69) is 15.9 Å². The van der Waals surface area contributed by atoms with Crippen LogP contribution in [-0.2, 0) is 6.54 Å². The van der Waals surface area contributed by atoms with Crippen LogP contribution < -0.4 is 5.73 Å². The molecule has 0 heterocycles. The average Bonchev–Trinajstić information content (AvgIpc) is 2.05. The van der Waals surface area contributed by atoms with E-state index in [0.29, 0.717) is 6.54 Å². The molecule has 12 heavy (non-hydrogen) atoms. The van der Waals surface area contributed by atoms with Gasteiger partial charge in [-0.05, 0) is 24.1 Å². The summed E-state index contributed by atoms with van der Waals surface area (Å²) in [4.78, 5) is 0. The molecular weight excluding hydrogens is 218 g/mol. The molecule has 0 saturated heterocycles. The van der Waals surface area contributed by atoms with E-state index in [1.807, 2.05) is 18.2 Å².